The van der Waals surface area contributed by atoms with E-state index in [0.29, 0.717) is 11.7 Å². The highest BCUT2D eigenvalue weighted by atomic mass is 16.5. The first-order valence-corrected chi connectivity index (χ1v) is 6.02. The van der Waals surface area contributed by atoms with Crippen LogP contribution in [0.4, 0.5) is 5.82 Å². The second kappa shape index (κ2) is 4.20. The maximum atomic E-state index is 5.90. The zero-order valence-corrected chi connectivity index (χ0v) is 9.60. The van der Waals surface area contributed by atoms with Gasteiger partial charge in [0, 0.05) is 12.1 Å². The van der Waals surface area contributed by atoms with E-state index in [-0.39, 0.29) is 0 Å². The van der Waals surface area contributed by atoms with Crippen molar-refractivity contribution in [2.75, 3.05) is 5.73 Å². The van der Waals surface area contributed by atoms with Crippen LogP contribution in [0.15, 0.2) is 28.9 Å². The molecule has 2 aromatic rings. The Labute approximate surface area is 99.8 Å². The van der Waals surface area contributed by atoms with Crippen molar-refractivity contribution in [1.82, 2.24) is 10.1 Å². The topological polar surface area (TPSA) is 64.9 Å². The molecule has 1 aliphatic rings. The average Bonchev–Trinajstić information content (AvgIpc) is 2.98. The highest BCUT2D eigenvalue weighted by Crippen LogP contribution is 2.40. The summed E-state index contributed by atoms with van der Waals surface area (Å²) in [6.45, 7) is 0. The van der Waals surface area contributed by atoms with Gasteiger partial charge < -0.3 is 10.3 Å². The van der Waals surface area contributed by atoms with Gasteiger partial charge in [-0.1, -0.05) is 24.1 Å². The van der Waals surface area contributed by atoms with E-state index in [1.807, 2.05) is 18.2 Å². The molecule has 0 aliphatic heterocycles. The molecule has 0 aromatic carbocycles. The van der Waals surface area contributed by atoms with Crippen molar-refractivity contribution in [2.45, 2.75) is 31.6 Å². The zero-order valence-electron chi connectivity index (χ0n) is 9.60. The molecule has 0 saturated heterocycles. The van der Waals surface area contributed by atoms with Gasteiger partial charge in [0.1, 0.15) is 0 Å². The fourth-order valence-corrected chi connectivity index (χ4v) is 2.55. The molecule has 0 amide bonds. The molecule has 1 aliphatic carbocycles. The predicted octanol–water partition coefficient (Wildman–Crippen LogP) is 2.98. The summed E-state index contributed by atoms with van der Waals surface area (Å²) in [5.41, 5.74) is 7.64. The van der Waals surface area contributed by atoms with Gasteiger partial charge in [-0.15, -0.1) is 0 Å². The van der Waals surface area contributed by atoms with Crippen LogP contribution in [0, 0.1) is 0 Å². The largest absolute Gasteiger partial charge is 0.380 e. The van der Waals surface area contributed by atoms with Crippen molar-refractivity contribution in [2.24, 2.45) is 0 Å². The predicted molar refractivity (Wildman–Crippen MR) is 65.4 cm³/mol. The van der Waals surface area contributed by atoms with Gasteiger partial charge in [-0.05, 0) is 25.0 Å². The van der Waals surface area contributed by atoms with Crippen molar-refractivity contribution < 1.29 is 4.52 Å². The quantitative estimate of drug-likeness (QED) is 0.859. The third kappa shape index (κ3) is 1.79. The molecule has 4 nitrogen and oxygen atoms in total. The normalized spacial score (nSPS) is 16.5. The number of rotatable bonds is 2. The third-order valence-electron chi connectivity index (χ3n) is 3.39. The highest BCUT2D eigenvalue weighted by Gasteiger charge is 2.27. The average molecular weight is 229 g/mol. The zero-order chi connectivity index (χ0) is 11.7. The Morgan fingerprint density at radius 3 is 2.76 bits per heavy atom. The summed E-state index contributed by atoms with van der Waals surface area (Å²) in [5, 5.41) is 3.90. The Kier molecular flexibility index (Phi) is 2.55. The molecule has 3 rings (SSSR count). The maximum Gasteiger partial charge on any atom is 0.176 e. The van der Waals surface area contributed by atoms with Crippen LogP contribution in [-0.4, -0.2) is 10.1 Å². The van der Waals surface area contributed by atoms with Crippen LogP contribution in [0.3, 0.4) is 0 Å². The minimum atomic E-state index is 0.450. The number of hydrogen-bond acceptors (Lipinski definition) is 4. The van der Waals surface area contributed by atoms with Gasteiger partial charge in [-0.25, -0.2) is 0 Å². The summed E-state index contributed by atoms with van der Waals surface area (Å²) in [5.74, 6) is 1.82. The number of anilines is 1. The second-order valence-electron chi connectivity index (χ2n) is 4.50. The molecule has 0 bridgehead atoms. The summed E-state index contributed by atoms with van der Waals surface area (Å²) in [6, 6.07) is 5.79. The molecule has 17 heavy (non-hydrogen) atoms. The van der Waals surface area contributed by atoms with Crippen LogP contribution in [0.1, 0.15) is 37.4 Å². The van der Waals surface area contributed by atoms with E-state index in [0.717, 1.165) is 29.9 Å². The molecule has 0 unspecified atom stereocenters. The molecule has 0 radical (unpaired) electrons. The number of nitrogen functional groups attached to an aromatic ring is 1. The van der Waals surface area contributed by atoms with Crippen molar-refractivity contribution in [3.63, 3.8) is 0 Å². The van der Waals surface area contributed by atoms with Crippen molar-refractivity contribution in [3.05, 3.63) is 30.2 Å². The molecular weight excluding hydrogens is 214 g/mol. The van der Waals surface area contributed by atoms with Gasteiger partial charge >= 0.3 is 0 Å². The van der Waals surface area contributed by atoms with Crippen LogP contribution < -0.4 is 5.73 Å². The van der Waals surface area contributed by atoms with E-state index in [1.165, 1.54) is 12.8 Å². The molecule has 1 fully saturated rings. The SMILES string of the molecule is Nc1noc(C2CCCC2)c1-c1ccccn1. The van der Waals surface area contributed by atoms with E-state index >= 15 is 0 Å². The summed E-state index contributed by atoms with van der Waals surface area (Å²) in [7, 11) is 0. The number of nitrogens with zero attached hydrogens (tertiary/aromatic N) is 2. The first kappa shape index (κ1) is 10.3. The lowest BCUT2D eigenvalue weighted by Gasteiger charge is -2.06. The van der Waals surface area contributed by atoms with E-state index in [1.54, 1.807) is 6.20 Å². The van der Waals surface area contributed by atoms with E-state index in [4.69, 9.17) is 10.3 Å². The monoisotopic (exact) mass is 229 g/mol. The molecule has 0 spiro atoms. The Morgan fingerprint density at radius 1 is 1.24 bits per heavy atom. The summed E-state index contributed by atoms with van der Waals surface area (Å²) < 4.78 is 5.42. The Hall–Kier alpha value is -1.84. The Morgan fingerprint density at radius 2 is 2.06 bits per heavy atom. The van der Waals surface area contributed by atoms with Crippen LogP contribution in [0.2, 0.25) is 0 Å². The van der Waals surface area contributed by atoms with Crippen LogP contribution >= 0.6 is 0 Å². The molecule has 4 heteroatoms. The molecule has 2 aromatic heterocycles. The van der Waals surface area contributed by atoms with Crippen molar-refractivity contribution in [1.29, 1.82) is 0 Å². The minimum absolute atomic E-state index is 0.450. The van der Waals surface area contributed by atoms with Gasteiger partial charge in [-0.3, -0.25) is 4.98 Å². The summed E-state index contributed by atoms with van der Waals surface area (Å²) in [6.07, 6.45) is 6.60. The van der Waals surface area contributed by atoms with Gasteiger partial charge in [0.15, 0.2) is 11.6 Å². The fourth-order valence-electron chi connectivity index (χ4n) is 2.55. The second-order valence-corrected chi connectivity index (χ2v) is 4.50. The molecule has 0 atom stereocenters. The van der Waals surface area contributed by atoms with E-state index in [2.05, 4.69) is 10.1 Å². The minimum Gasteiger partial charge on any atom is -0.380 e. The number of pyridine rings is 1. The Balaban J connectivity index is 2.06. The van der Waals surface area contributed by atoms with E-state index in [9.17, 15) is 0 Å². The molecule has 88 valence electrons. The van der Waals surface area contributed by atoms with Gasteiger partial charge in [0.2, 0.25) is 0 Å². The highest BCUT2D eigenvalue weighted by molar-refractivity contribution is 5.73. The maximum absolute atomic E-state index is 5.90. The lowest BCUT2D eigenvalue weighted by molar-refractivity contribution is 0.363. The first-order valence-electron chi connectivity index (χ1n) is 6.02. The van der Waals surface area contributed by atoms with Gasteiger partial charge in [-0.2, -0.15) is 0 Å². The number of hydrogen-bond donors (Lipinski definition) is 1. The molecule has 2 N–H and O–H groups in total. The number of aromatic nitrogens is 2. The first-order chi connectivity index (χ1) is 8.36. The lowest BCUT2D eigenvalue weighted by Crippen LogP contribution is -1.96. The number of nitrogens with two attached hydrogens (primary N) is 1. The van der Waals surface area contributed by atoms with Crippen LogP contribution in [0.25, 0.3) is 11.3 Å². The van der Waals surface area contributed by atoms with Crippen LogP contribution in [0.5, 0.6) is 0 Å². The van der Waals surface area contributed by atoms with Gasteiger partial charge in [0.05, 0.1) is 11.3 Å². The smallest absolute Gasteiger partial charge is 0.176 e. The lowest BCUT2D eigenvalue weighted by atomic mass is 9.99. The molecule has 1 saturated carbocycles. The van der Waals surface area contributed by atoms with E-state index < -0.39 is 0 Å². The van der Waals surface area contributed by atoms with Crippen molar-refractivity contribution in [3.8, 4) is 11.3 Å². The van der Waals surface area contributed by atoms with Crippen molar-refractivity contribution >= 4 is 5.82 Å². The summed E-state index contributed by atoms with van der Waals surface area (Å²) in [4.78, 5) is 4.33. The fraction of sp³-hybridized carbons (Fsp3) is 0.385. The van der Waals surface area contributed by atoms with Crippen LogP contribution in [-0.2, 0) is 0 Å². The third-order valence-corrected chi connectivity index (χ3v) is 3.39. The Bertz CT molecular complexity index is 501. The molecular formula is C13H15N3O. The molecule has 2 heterocycles. The van der Waals surface area contributed by atoms with Gasteiger partial charge in [0.25, 0.3) is 0 Å². The summed E-state index contributed by atoms with van der Waals surface area (Å²) >= 11 is 0. The standard InChI is InChI=1S/C13H15N3O/c14-13-11(10-7-3-4-8-15-10)12(17-16-13)9-5-1-2-6-9/h3-4,7-9H,1-2,5-6H2,(H2,14,16).